The standard InChI is InChI=1S/7BO2.2Re/c7*2-1-3;;/q7*-2;;. The molecule has 0 aliphatic rings. The van der Waals surface area contributed by atoms with Crippen LogP contribution in [0.5, 0.6) is 0 Å². The predicted molar refractivity (Wildman–Crippen MR) is 40.3 cm³/mol. The zero-order valence-electron chi connectivity index (χ0n) is 10.5. The van der Waals surface area contributed by atoms with Crippen LogP contribution in [0.1, 0.15) is 0 Å². The summed E-state index contributed by atoms with van der Waals surface area (Å²) in [5, 5.41) is 116. The summed E-state index contributed by atoms with van der Waals surface area (Å²) >= 11 is 0. The Labute approximate surface area is 164 Å². The minimum Gasteiger partial charge on any atom is -0.900 e. The second-order valence-corrected chi connectivity index (χ2v) is 0.674. The van der Waals surface area contributed by atoms with Gasteiger partial charge >= 0.3 is 0 Å². The van der Waals surface area contributed by atoms with E-state index >= 15 is 0 Å². The van der Waals surface area contributed by atoms with Crippen LogP contribution in [0.3, 0.4) is 0 Å². The number of hydrogen-bond acceptors (Lipinski definition) is 14. The predicted octanol–water partition coefficient (Wildman–Crippen LogP) is -19.3. The molecule has 0 rings (SSSR count). The summed E-state index contributed by atoms with van der Waals surface area (Å²) < 4.78 is 0. The maximum absolute atomic E-state index is 8.25. The average molecular weight is 672 g/mol. The van der Waals surface area contributed by atoms with Crippen molar-refractivity contribution < 1.29 is 111 Å². The summed E-state index contributed by atoms with van der Waals surface area (Å²) in [6, 6.07) is 0. The molecular weight excluding hydrogens is 672 g/mol. The summed E-state index contributed by atoms with van der Waals surface area (Å²) in [6.45, 7) is 0. The minimum absolute atomic E-state index is 0. The molecule has 0 fully saturated rings. The van der Waals surface area contributed by atoms with Crippen molar-refractivity contribution in [2.75, 3.05) is 0 Å². The van der Waals surface area contributed by atoms with E-state index in [0.29, 0.717) is 0 Å². The Balaban J connectivity index is -0.0000000140. The number of hydrogen-bond donors (Lipinski definition) is 0. The van der Waals surface area contributed by atoms with Crippen LogP contribution in [-0.2, 0) is 40.8 Å². The van der Waals surface area contributed by atoms with Gasteiger partial charge in [0, 0.05) is 40.8 Å². The van der Waals surface area contributed by atoms with Gasteiger partial charge in [-0.1, -0.05) is 0 Å². The van der Waals surface area contributed by atoms with Crippen molar-refractivity contribution >= 4 is 53.8 Å². The fourth-order valence-electron chi connectivity index (χ4n) is 0. The molecule has 0 aliphatic carbocycles. The average Bonchev–Trinajstić information content (AvgIpc) is 2.35. The topological polar surface area (TPSA) is 323 Å². The molecule has 23 heavy (non-hydrogen) atoms. The Morgan fingerprint density at radius 2 is 0.217 bits per heavy atom. The van der Waals surface area contributed by atoms with Crippen LogP contribution in [0.15, 0.2) is 0 Å². The van der Waals surface area contributed by atoms with Crippen LogP contribution in [0, 0.1) is 0 Å². The first-order valence-corrected chi connectivity index (χ1v) is 3.30. The van der Waals surface area contributed by atoms with Crippen molar-refractivity contribution in [3.05, 3.63) is 0 Å². The Bertz CT molecular complexity index is 48.7. The monoisotopic (exact) mass is 675 g/mol. The second kappa shape index (κ2) is 170. The smallest absolute Gasteiger partial charge is 0 e. The van der Waals surface area contributed by atoms with Gasteiger partial charge in [0.1, 0.15) is 0 Å². The van der Waals surface area contributed by atoms with Crippen LogP contribution in [0.4, 0.5) is 0 Å². The first-order chi connectivity index (χ1) is 9.90. The maximum Gasteiger partial charge on any atom is 0 e. The van der Waals surface area contributed by atoms with Gasteiger partial charge < -0.3 is 70.3 Å². The molecule has 0 N–H and O–H groups in total. The summed E-state index contributed by atoms with van der Waals surface area (Å²) in [7, 11) is -3.50. The van der Waals surface area contributed by atoms with Gasteiger partial charge in [0.05, 0.1) is 0 Å². The van der Waals surface area contributed by atoms with E-state index in [1.54, 1.807) is 0 Å². The molecule has 0 saturated carbocycles. The first-order valence-electron chi connectivity index (χ1n) is 3.30. The molecule has 0 aromatic heterocycles. The van der Waals surface area contributed by atoms with E-state index in [0.717, 1.165) is 0 Å². The molecule has 14 nitrogen and oxygen atoms in total. The Kier molecular flexibility index (Phi) is 416. The quantitative estimate of drug-likeness (QED) is 0.216. The third-order valence-electron chi connectivity index (χ3n) is 0. The molecule has 23 heteroatoms. The SMILES string of the molecule is [O-][B][O-].[O-][B][O-].[O-][B][O-].[O-][B][O-].[O-][B][O-].[O-][B][O-].[O-][B][O-].[Re].[Re]. The van der Waals surface area contributed by atoms with E-state index in [1.807, 2.05) is 0 Å². The molecule has 133 valence electrons. The fourth-order valence-corrected chi connectivity index (χ4v) is 0. The third-order valence-corrected chi connectivity index (χ3v) is 0. The van der Waals surface area contributed by atoms with Crippen molar-refractivity contribution in [1.29, 1.82) is 0 Å². The zero-order chi connectivity index (χ0) is 18.9. The van der Waals surface area contributed by atoms with Gasteiger partial charge in [-0.25, -0.2) is 53.8 Å². The third kappa shape index (κ3) is 7030. The van der Waals surface area contributed by atoms with Crippen molar-refractivity contribution in [3.63, 3.8) is 0 Å². The van der Waals surface area contributed by atoms with Gasteiger partial charge in [0.15, 0.2) is 0 Å². The molecule has 0 spiro atoms. The van der Waals surface area contributed by atoms with Crippen LogP contribution >= 0.6 is 0 Å². The second-order valence-electron chi connectivity index (χ2n) is 0.674. The van der Waals surface area contributed by atoms with E-state index in [1.165, 1.54) is 0 Å². The molecule has 0 aromatic rings. The fraction of sp³-hybridized carbons (Fsp3) is 0. The Morgan fingerprint density at radius 1 is 0.217 bits per heavy atom. The molecule has 0 saturated heterocycles. The van der Waals surface area contributed by atoms with E-state index in [2.05, 4.69) is 0 Å². The molecular formula is B7O14Re2-14. The van der Waals surface area contributed by atoms with Crippen LogP contribution in [0.25, 0.3) is 0 Å². The van der Waals surface area contributed by atoms with E-state index < -0.39 is 53.8 Å². The van der Waals surface area contributed by atoms with Crippen LogP contribution in [0.2, 0.25) is 0 Å². The molecule has 0 bridgehead atoms. The summed E-state index contributed by atoms with van der Waals surface area (Å²) in [4.78, 5) is 0. The van der Waals surface area contributed by atoms with Crippen molar-refractivity contribution in [2.24, 2.45) is 0 Å². The van der Waals surface area contributed by atoms with Gasteiger partial charge in [-0.2, -0.15) is 0 Å². The molecule has 0 aromatic carbocycles. The normalized spacial score (nSPS) is 4.26. The summed E-state index contributed by atoms with van der Waals surface area (Å²) in [5.74, 6) is 0. The van der Waals surface area contributed by atoms with Crippen molar-refractivity contribution in [2.45, 2.75) is 0 Å². The zero-order valence-corrected chi connectivity index (χ0v) is 15.9. The van der Waals surface area contributed by atoms with Crippen LogP contribution < -0.4 is 70.3 Å². The van der Waals surface area contributed by atoms with Gasteiger partial charge in [0.2, 0.25) is 0 Å². The molecule has 0 heterocycles. The van der Waals surface area contributed by atoms with Crippen molar-refractivity contribution in [3.8, 4) is 0 Å². The Hall–Kier alpha value is 1.22. The molecule has 0 aliphatic heterocycles. The number of rotatable bonds is 0. The molecule has 0 amide bonds. The van der Waals surface area contributed by atoms with Gasteiger partial charge in [-0.15, -0.1) is 0 Å². The Morgan fingerprint density at radius 3 is 0.217 bits per heavy atom. The maximum atomic E-state index is 8.25. The van der Waals surface area contributed by atoms with E-state index in [-0.39, 0.29) is 40.8 Å². The molecule has 9 radical (unpaired) electrons. The first kappa shape index (κ1) is 56.4. The molecule has 0 atom stereocenters. The summed E-state index contributed by atoms with van der Waals surface area (Å²) in [5.41, 5.74) is 0. The van der Waals surface area contributed by atoms with E-state index in [4.69, 9.17) is 70.3 Å². The minimum atomic E-state index is -0.500. The summed E-state index contributed by atoms with van der Waals surface area (Å²) in [6.07, 6.45) is 0. The molecule has 0 unspecified atom stereocenters. The van der Waals surface area contributed by atoms with Crippen molar-refractivity contribution in [1.82, 2.24) is 0 Å². The van der Waals surface area contributed by atoms with Gasteiger partial charge in [0.25, 0.3) is 0 Å². The van der Waals surface area contributed by atoms with Gasteiger partial charge in [-0.3, -0.25) is 0 Å². The van der Waals surface area contributed by atoms with Gasteiger partial charge in [-0.05, 0) is 0 Å². The largest absolute Gasteiger partial charge is 0.900 e. The van der Waals surface area contributed by atoms with E-state index in [9.17, 15) is 0 Å². The van der Waals surface area contributed by atoms with Crippen LogP contribution in [-0.4, -0.2) is 53.8 Å².